The summed E-state index contributed by atoms with van der Waals surface area (Å²) in [5.74, 6) is -1.51. The van der Waals surface area contributed by atoms with Gasteiger partial charge in [-0.25, -0.2) is 4.39 Å². The summed E-state index contributed by atoms with van der Waals surface area (Å²) < 4.78 is 19.0. The zero-order chi connectivity index (χ0) is 18.0. The van der Waals surface area contributed by atoms with Crippen LogP contribution in [0.2, 0.25) is 0 Å². The number of carbonyl (C=O) groups is 1. The number of primary amides is 1. The highest BCUT2D eigenvalue weighted by Crippen LogP contribution is 2.33. The molecule has 0 aliphatic carbocycles. The third kappa shape index (κ3) is 3.66. The fourth-order valence-electron chi connectivity index (χ4n) is 3.57. The topological polar surface area (TPSA) is 55.6 Å². The van der Waals surface area contributed by atoms with Crippen LogP contribution in [0.15, 0.2) is 36.4 Å². The molecule has 5 heteroatoms. The second-order valence-electron chi connectivity index (χ2n) is 6.48. The van der Waals surface area contributed by atoms with E-state index >= 15 is 0 Å². The number of aryl methyl sites for hydroxylation is 2. The summed E-state index contributed by atoms with van der Waals surface area (Å²) in [6.07, 6.45) is 0. The average Bonchev–Trinajstić information content (AvgIpc) is 2.58. The first-order valence-electron chi connectivity index (χ1n) is 8.46. The number of hydrogen-bond acceptors (Lipinski definition) is 3. The molecule has 0 spiro atoms. The molecule has 1 atom stereocenters. The van der Waals surface area contributed by atoms with E-state index < -0.39 is 11.8 Å². The Balaban J connectivity index is 2.03. The van der Waals surface area contributed by atoms with Gasteiger partial charge >= 0.3 is 0 Å². The second-order valence-corrected chi connectivity index (χ2v) is 6.48. The van der Waals surface area contributed by atoms with Crippen LogP contribution in [-0.4, -0.2) is 32.2 Å². The Bertz CT molecular complexity index is 762. The van der Waals surface area contributed by atoms with E-state index in [2.05, 4.69) is 17.0 Å². The Hall–Kier alpha value is -2.40. The molecule has 1 aliphatic rings. The molecule has 1 heterocycles. The average molecular weight is 342 g/mol. The van der Waals surface area contributed by atoms with Crippen LogP contribution in [0.1, 0.15) is 28.2 Å². The zero-order valence-corrected chi connectivity index (χ0v) is 14.6. The first-order chi connectivity index (χ1) is 12.0. The number of amides is 1. The van der Waals surface area contributed by atoms with Crippen LogP contribution in [0.5, 0.6) is 0 Å². The molecule has 1 aliphatic heterocycles. The zero-order valence-electron chi connectivity index (χ0n) is 14.6. The fourth-order valence-corrected chi connectivity index (χ4v) is 3.57. The number of hydrogen-bond donors (Lipinski definition) is 1. The van der Waals surface area contributed by atoms with Gasteiger partial charge in [0.25, 0.3) is 0 Å². The van der Waals surface area contributed by atoms with Gasteiger partial charge in [-0.3, -0.25) is 4.79 Å². The first kappa shape index (κ1) is 17.4. The molecule has 1 amide bonds. The third-order valence-corrected chi connectivity index (χ3v) is 4.71. The summed E-state index contributed by atoms with van der Waals surface area (Å²) in [7, 11) is 0. The maximum absolute atomic E-state index is 13.6. The van der Waals surface area contributed by atoms with Crippen molar-refractivity contribution in [3.05, 3.63) is 64.5 Å². The minimum atomic E-state index is -0.658. The SMILES string of the molecule is Cc1cc(N2CCOCC2)cc(C)c1C(C(N)=O)c1cccc(F)c1. The minimum absolute atomic E-state index is 0.371. The van der Waals surface area contributed by atoms with Gasteiger partial charge in [-0.1, -0.05) is 12.1 Å². The Labute approximate surface area is 147 Å². The van der Waals surface area contributed by atoms with Crippen molar-refractivity contribution < 1.29 is 13.9 Å². The molecule has 132 valence electrons. The molecule has 4 nitrogen and oxygen atoms in total. The van der Waals surface area contributed by atoms with Crippen LogP contribution in [-0.2, 0) is 9.53 Å². The summed E-state index contributed by atoms with van der Waals surface area (Å²) >= 11 is 0. The quantitative estimate of drug-likeness (QED) is 0.929. The van der Waals surface area contributed by atoms with Gasteiger partial charge in [0, 0.05) is 18.8 Å². The van der Waals surface area contributed by atoms with Gasteiger partial charge in [-0.05, 0) is 60.4 Å². The van der Waals surface area contributed by atoms with Crippen LogP contribution in [0, 0.1) is 19.7 Å². The van der Waals surface area contributed by atoms with E-state index in [1.807, 2.05) is 13.8 Å². The van der Waals surface area contributed by atoms with Crippen LogP contribution < -0.4 is 10.6 Å². The number of nitrogens with two attached hydrogens (primary N) is 1. The lowest BCUT2D eigenvalue weighted by molar-refractivity contribution is -0.118. The van der Waals surface area contributed by atoms with Gasteiger partial charge in [0.1, 0.15) is 5.82 Å². The van der Waals surface area contributed by atoms with Crippen LogP contribution in [0.3, 0.4) is 0 Å². The maximum Gasteiger partial charge on any atom is 0.229 e. The number of benzene rings is 2. The minimum Gasteiger partial charge on any atom is -0.378 e. The number of morpholine rings is 1. The lowest BCUT2D eigenvalue weighted by Crippen LogP contribution is -2.36. The van der Waals surface area contributed by atoms with Crippen LogP contribution >= 0.6 is 0 Å². The molecular formula is C20H23FN2O2. The first-order valence-corrected chi connectivity index (χ1v) is 8.46. The number of ether oxygens (including phenoxy) is 1. The summed E-state index contributed by atoms with van der Waals surface area (Å²) in [5.41, 5.74) is 10.2. The molecule has 0 saturated carbocycles. The predicted octanol–water partition coefficient (Wildman–Crippen LogP) is 2.90. The van der Waals surface area contributed by atoms with Crippen LogP contribution in [0.25, 0.3) is 0 Å². The largest absolute Gasteiger partial charge is 0.378 e. The summed E-state index contributed by atoms with van der Waals surface area (Å²) in [4.78, 5) is 14.4. The Morgan fingerprint density at radius 3 is 2.36 bits per heavy atom. The van der Waals surface area contributed by atoms with E-state index in [-0.39, 0.29) is 5.82 Å². The predicted molar refractivity (Wildman–Crippen MR) is 96.4 cm³/mol. The van der Waals surface area contributed by atoms with Gasteiger partial charge in [0.05, 0.1) is 19.1 Å². The van der Waals surface area contributed by atoms with Gasteiger partial charge in [0.15, 0.2) is 0 Å². The van der Waals surface area contributed by atoms with Crippen molar-refractivity contribution in [3.63, 3.8) is 0 Å². The molecule has 1 saturated heterocycles. The van der Waals surface area contributed by atoms with Crippen molar-refractivity contribution in [2.75, 3.05) is 31.2 Å². The molecule has 3 rings (SSSR count). The number of carbonyl (C=O) groups excluding carboxylic acids is 1. The second kappa shape index (κ2) is 7.23. The molecule has 2 aromatic carbocycles. The Kier molecular flexibility index (Phi) is 5.04. The van der Waals surface area contributed by atoms with E-state index in [0.29, 0.717) is 18.8 Å². The molecule has 2 N–H and O–H groups in total. The molecule has 0 bridgehead atoms. The van der Waals surface area contributed by atoms with Crippen molar-refractivity contribution in [2.45, 2.75) is 19.8 Å². The maximum atomic E-state index is 13.6. The monoisotopic (exact) mass is 342 g/mol. The van der Waals surface area contributed by atoms with E-state index in [1.165, 1.54) is 12.1 Å². The standard InChI is InChI=1S/C20H23FN2O2/c1-13-10-17(23-6-8-25-9-7-23)11-14(2)18(13)19(20(22)24)15-4-3-5-16(21)12-15/h3-5,10-12,19H,6-9H2,1-2H3,(H2,22,24). The Morgan fingerprint density at radius 2 is 1.80 bits per heavy atom. The molecule has 0 aromatic heterocycles. The normalized spacial score (nSPS) is 15.9. The van der Waals surface area contributed by atoms with Gasteiger partial charge in [0.2, 0.25) is 5.91 Å². The number of anilines is 1. The van der Waals surface area contributed by atoms with Crippen molar-refractivity contribution in [1.82, 2.24) is 0 Å². The van der Waals surface area contributed by atoms with Crippen molar-refractivity contribution >= 4 is 11.6 Å². The number of halogens is 1. The van der Waals surface area contributed by atoms with E-state index in [0.717, 1.165) is 35.5 Å². The summed E-state index contributed by atoms with van der Waals surface area (Å²) in [6, 6.07) is 10.2. The van der Waals surface area contributed by atoms with Crippen molar-refractivity contribution in [1.29, 1.82) is 0 Å². The highest BCUT2D eigenvalue weighted by Gasteiger charge is 2.25. The molecule has 2 aromatic rings. The lowest BCUT2D eigenvalue weighted by atomic mass is 9.84. The molecule has 25 heavy (non-hydrogen) atoms. The third-order valence-electron chi connectivity index (χ3n) is 4.71. The van der Waals surface area contributed by atoms with E-state index in [9.17, 15) is 9.18 Å². The number of nitrogens with zero attached hydrogens (tertiary/aromatic N) is 1. The van der Waals surface area contributed by atoms with Crippen molar-refractivity contribution in [3.8, 4) is 0 Å². The molecular weight excluding hydrogens is 319 g/mol. The van der Waals surface area contributed by atoms with Gasteiger partial charge < -0.3 is 15.4 Å². The van der Waals surface area contributed by atoms with Crippen LogP contribution in [0.4, 0.5) is 10.1 Å². The molecule has 1 unspecified atom stereocenters. The smallest absolute Gasteiger partial charge is 0.229 e. The van der Waals surface area contributed by atoms with Crippen molar-refractivity contribution in [2.24, 2.45) is 5.73 Å². The van der Waals surface area contributed by atoms with E-state index in [4.69, 9.17) is 10.5 Å². The van der Waals surface area contributed by atoms with Gasteiger partial charge in [-0.15, -0.1) is 0 Å². The summed E-state index contributed by atoms with van der Waals surface area (Å²) in [5, 5.41) is 0. The summed E-state index contributed by atoms with van der Waals surface area (Å²) in [6.45, 7) is 7.08. The van der Waals surface area contributed by atoms with E-state index in [1.54, 1.807) is 12.1 Å². The Morgan fingerprint density at radius 1 is 1.16 bits per heavy atom. The highest BCUT2D eigenvalue weighted by atomic mass is 19.1. The highest BCUT2D eigenvalue weighted by molar-refractivity contribution is 5.86. The lowest BCUT2D eigenvalue weighted by Gasteiger charge is -2.30. The molecule has 0 radical (unpaired) electrons. The fraction of sp³-hybridized carbons (Fsp3) is 0.350. The molecule has 1 fully saturated rings. The number of rotatable bonds is 4. The van der Waals surface area contributed by atoms with Gasteiger partial charge in [-0.2, -0.15) is 0 Å².